The molecule has 0 radical (unpaired) electrons. The fraction of sp³-hybridized carbons (Fsp3) is 0.0769. The molecule has 0 atom stereocenters. The van der Waals surface area contributed by atoms with Crippen LogP contribution in [0.3, 0.4) is 0 Å². The Hall–Kier alpha value is -4.30. The van der Waals surface area contributed by atoms with Crippen LogP contribution in [-0.2, 0) is 0 Å². The van der Waals surface area contributed by atoms with Crippen LogP contribution in [-0.4, -0.2) is 37.2 Å². The van der Waals surface area contributed by atoms with Crippen LogP contribution < -0.4 is 4.74 Å². The van der Waals surface area contributed by atoms with Crippen molar-refractivity contribution < 1.29 is 4.74 Å². The molecule has 2 N–H and O–H groups in total. The van der Waals surface area contributed by atoms with E-state index in [0.29, 0.717) is 11.4 Å². The van der Waals surface area contributed by atoms with Gasteiger partial charge >= 0.3 is 0 Å². The topological polar surface area (TPSA) is 92.4 Å². The normalized spacial score (nSPS) is 11.4. The number of hydrogen-bond acceptors (Lipinski definition) is 6. The smallest absolute Gasteiger partial charge is 0.181 e. The molecule has 34 heavy (non-hydrogen) atoms. The van der Waals surface area contributed by atoms with Crippen molar-refractivity contribution in [3.8, 4) is 38.7 Å². The van der Waals surface area contributed by atoms with Crippen LogP contribution in [0.1, 0.15) is 11.8 Å². The average Bonchev–Trinajstić information content (AvgIpc) is 3.61. The number of aromatic amines is 2. The van der Waals surface area contributed by atoms with E-state index in [4.69, 9.17) is 4.74 Å². The minimum atomic E-state index is 0.649. The fourth-order valence-electron chi connectivity index (χ4n) is 4.05. The molecular formula is C26H20N6OS. The van der Waals surface area contributed by atoms with Crippen LogP contribution in [0.2, 0.25) is 0 Å². The second kappa shape index (κ2) is 7.93. The van der Waals surface area contributed by atoms with Crippen LogP contribution in [0.5, 0.6) is 5.75 Å². The molecule has 0 aliphatic carbocycles. The minimum absolute atomic E-state index is 0.649. The van der Waals surface area contributed by atoms with Gasteiger partial charge in [-0.25, -0.2) is 4.98 Å². The summed E-state index contributed by atoms with van der Waals surface area (Å²) < 4.78 is 5.32. The zero-order valence-electron chi connectivity index (χ0n) is 18.6. The number of nitrogens with zero attached hydrogens (tertiary/aromatic N) is 4. The SMILES string of the molecule is C=C(C)c1ccc(-c2cncc3[nH]c(-c4[nH]nc5ncc(-c6cncc(OC)c6)cc45)cc23)s1. The number of pyridine rings is 3. The van der Waals surface area contributed by atoms with Crippen LogP contribution in [0, 0.1) is 0 Å². The summed E-state index contributed by atoms with van der Waals surface area (Å²) in [4.78, 5) is 19.1. The number of methoxy groups -OCH3 is 1. The number of rotatable bonds is 5. The summed E-state index contributed by atoms with van der Waals surface area (Å²) >= 11 is 1.72. The molecule has 166 valence electrons. The van der Waals surface area contributed by atoms with Crippen LogP contribution in [0.15, 0.2) is 67.9 Å². The van der Waals surface area contributed by atoms with Crippen LogP contribution in [0.4, 0.5) is 0 Å². The van der Waals surface area contributed by atoms with Gasteiger partial charge in [-0.3, -0.25) is 15.1 Å². The quantitative estimate of drug-likeness (QED) is 0.311. The molecule has 0 spiro atoms. The summed E-state index contributed by atoms with van der Waals surface area (Å²) in [6.45, 7) is 6.08. The monoisotopic (exact) mass is 464 g/mol. The van der Waals surface area contributed by atoms with Gasteiger partial charge in [0.25, 0.3) is 0 Å². The molecule has 8 heteroatoms. The molecule has 0 unspecified atom stereocenters. The number of hydrogen-bond donors (Lipinski definition) is 2. The zero-order chi connectivity index (χ0) is 23.2. The number of allylic oxidation sites excluding steroid dienone is 1. The number of fused-ring (bicyclic) bond motifs is 2. The lowest BCUT2D eigenvalue weighted by Crippen LogP contribution is -1.87. The lowest BCUT2D eigenvalue weighted by atomic mass is 10.1. The van der Waals surface area contributed by atoms with Gasteiger partial charge in [0.1, 0.15) is 5.75 Å². The van der Waals surface area contributed by atoms with E-state index in [2.05, 4.69) is 61.0 Å². The summed E-state index contributed by atoms with van der Waals surface area (Å²) in [5.41, 5.74) is 7.41. The van der Waals surface area contributed by atoms with E-state index in [1.54, 1.807) is 37.0 Å². The standard InChI is InChI=1S/C26H20N6OS/c1-14(2)23-4-5-24(34-23)20-12-28-13-22-18(20)8-21(30-22)25-19-7-16(10-29-26(19)32-31-25)15-6-17(33-3)11-27-9-15/h4-13,30H,1H2,2-3H3,(H,29,31,32). The molecule has 0 amide bonds. The molecule has 6 aromatic heterocycles. The van der Waals surface area contributed by atoms with Crippen molar-refractivity contribution in [3.63, 3.8) is 0 Å². The molecule has 7 nitrogen and oxygen atoms in total. The highest BCUT2D eigenvalue weighted by Crippen LogP contribution is 2.37. The maximum absolute atomic E-state index is 5.32. The van der Waals surface area contributed by atoms with Gasteiger partial charge in [0, 0.05) is 55.8 Å². The molecule has 6 aromatic rings. The van der Waals surface area contributed by atoms with Crippen molar-refractivity contribution in [2.24, 2.45) is 0 Å². The first-order valence-corrected chi connectivity index (χ1v) is 11.5. The molecule has 0 saturated carbocycles. The number of nitrogens with one attached hydrogen (secondary N) is 2. The van der Waals surface area contributed by atoms with E-state index in [1.165, 1.54) is 4.88 Å². The van der Waals surface area contributed by atoms with E-state index >= 15 is 0 Å². The first-order valence-electron chi connectivity index (χ1n) is 10.7. The lowest BCUT2D eigenvalue weighted by molar-refractivity contribution is 0.413. The summed E-state index contributed by atoms with van der Waals surface area (Å²) in [7, 11) is 1.63. The highest BCUT2D eigenvalue weighted by molar-refractivity contribution is 7.16. The van der Waals surface area contributed by atoms with Crippen molar-refractivity contribution in [2.45, 2.75) is 6.92 Å². The van der Waals surface area contributed by atoms with Gasteiger partial charge in [-0.1, -0.05) is 6.58 Å². The molecule has 0 bridgehead atoms. The number of aromatic nitrogens is 6. The fourth-order valence-corrected chi connectivity index (χ4v) is 5.00. The third-order valence-electron chi connectivity index (χ3n) is 5.80. The first kappa shape index (κ1) is 20.3. The van der Waals surface area contributed by atoms with Gasteiger partial charge in [-0.15, -0.1) is 11.3 Å². The average molecular weight is 465 g/mol. The van der Waals surface area contributed by atoms with Crippen molar-refractivity contribution in [1.82, 2.24) is 30.1 Å². The van der Waals surface area contributed by atoms with Gasteiger partial charge in [0.15, 0.2) is 5.65 Å². The summed E-state index contributed by atoms with van der Waals surface area (Å²) in [5.74, 6) is 0.698. The lowest BCUT2D eigenvalue weighted by Gasteiger charge is -2.04. The Morgan fingerprint density at radius 2 is 1.82 bits per heavy atom. The Labute approximate surface area is 199 Å². The molecular weight excluding hydrogens is 444 g/mol. The molecule has 0 saturated heterocycles. The summed E-state index contributed by atoms with van der Waals surface area (Å²) in [5, 5.41) is 9.59. The van der Waals surface area contributed by atoms with E-state index < -0.39 is 0 Å². The van der Waals surface area contributed by atoms with Crippen molar-refractivity contribution >= 4 is 38.8 Å². The maximum atomic E-state index is 5.32. The Bertz CT molecular complexity index is 1690. The Morgan fingerprint density at radius 1 is 0.971 bits per heavy atom. The number of ether oxygens (including phenoxy) is 1. The third-order valence-corrected chi connectivity index (χ3v) is 7.08. The number of H-pyrrole nitrogens is 2. The largest absolute Gasteiger partial charge is 0.495 e. The minimum Gasteiger partial charge on any atom is -0.495 e. The molecule has 6 heterocycles. The molecule has 0 fully saturated rings. The second-order valence-electron chi connectivity index (χ2n) is 8.08. The van der Waals surface area contributed by atoms with Gasteiger partial charge in [0.2, 0.25) is 0 Å². The van der Waals surface area contributed by atoms with Gasteiger partial charge in [-0.2, -0.15) is 5.10 Å². The Balaban J connectivity index is 1.47. The Morgan fingerprint density at radius 3 is 2.65 bits per heavy atom. The van der Waals surface area contributed by atoms with Gasteiger partial charge < -0.3 is 9.72 Å². The molecule has 0 aliphatic rings. The van der Waals surface area contributed by atoms with E-state index in [1.807, 2.05) is 25.4 Å². The van der Waals surface area contributed by atoms with Crippen LogP contribution in [0.25, 0.3) is 60.5 Å². The van der Waals surface area contributed by atoms with E-state index in [0.717, 1.165) is 54.8 Å². The van der Waals surface area contributed by atoms with E-state index in [-0.39, 0.29) is 0 Å². The van der Waals surface area contributed by atoms with Crippen molar-refractivity contribution in [2.75, 3.05) is 7.11 Å². The molecule has 0 aliphatic heterocycles. The predicted molar refractivity (Wildman–Crippen MR) is 137 cm³/mol. The zero-order valence-corrected chi connectivity index (χ0v) is 19.4. The predicted octanol–water partition coefficient (Wildman–Crippen LogP) is 6.33. The molecule has 0 aromatic carbocycles. The Kier molecular flexibility index (Phi) is 4.74. The summed E-state index contributed by atoms with van der Waals surface area (Å²) in [6.07, 6.45) is 9.04. The van der Waals surface area contributed by atoms with Gasteiger partial charge in [0.05, 0.1) is 36.4 Å². The molecule has 6 rings (SSSR count). The first-order chi connectivity index (χ1) is 16.6. The van der Waals surface area contributed by atoms with Crippen molar-refractivity contribution in [3.05, 3.63) is 72.8 Å². The van der Waals surface area contributed by atoms with Crippen LogP contribution >= 0.6 is 11.3 Å². The van der Waals surface area contributed by atoms with Gasteiger partial charge in [-0.05, 0) is 42.8 Å². The van der Waals surface area contributed by atoms with Crippen molar-refractivity contribution in [1.29, 1.82) is 0 Å². The summed E-state index contributed by atoms with van der Waals surface area (Å²) in [6, 6.07) is 10.4. The third kappa shape index (κ3) is 3.36. The van der Waals surface area contributed by atoms with E-state index in [9.17, 15) is 0 Å². The number of thiophene rings is 1. The maximum Gasteiger partial charge on any atom is 0.181 e. The second-order valence-corrected chi connectivity index (χ2v) is 9.17. The highest BCUT2D eigenvalue weighted by Gasteiger charge is 2.16. The highest BCUT2D eigenvalue weighted by atomic mass is 32.1.